The van der Waals surface area contributed by atoms with Gasteiger partial charge in [-0.1, -0.05) is 36.8 Å². The van der Waals surface area contributed by atoms with Gasteiger partial charge in [0.15, 0.2) is 0 Å². The summed E-state index contributed by atoms with van der Waals surface area (Å²) in [7, 11) is 0. The number of rotatable bonds is 4. The number of hydrogen-bond donors (Lipinski definition) is 1. The highest BCUT2D eigenvalue weighted by atomic mass is 15.0. The Balaban J connectivity index is 2.37. The van der Waals surface area contributed by atoms with Crippen LogP contribution >= 0.6 is 0 Å². The first-order chi connectivity index (χ1) is 9.24. The van der Waals surface area contributed by atoms with Gasteiger partial charge in [0.05, 0.1) is 11.3 Å². The van der Waals surface area contributed by atoms with Crippen molar-refractivity contribution in [3.8, 4) is 17.3 Å². The predicted octanol–water partition coefficient (Wildman–Crippen LogP) is 3.75. The lowest BCUT2D eigenvalue weighted by atomic mass is 10.1. The Morgan fingerprint density at radius 3 is 2.53 bits per heavy atom. The summed E-state index contributed by atoms with van der Waals surface area (Å²) in [6.07, 6.45) is 1.00. The highest BCUT2D eigenvalue weighted by Crippen LogP contribution is 2.21. The molecule has 0 saturated heterocycles. The second-order valence-corrected chi connectivity index (χ2v) is 4.50. The van der Waals surface area contributed by atoms with Crippen LogP contribution in [0.4, 0.5) is 5.82 Å². The first kappa shape index (κ1) is 13.1. The average molecular weight is 251 g/mol. The molecule has 0 saturated carbocycles. The number of nitrogens with one attached hydrogen (secondary N) is 1. The fraction of sp³-hybridized carbons (Fsp3) is 0.250. The molecule has 0 spiro atoms. The smallest absolute Gasteiger partial charge is 0.144 e. The van der Waals surface area contributed by atoms with Crippen molar-refractivity contribution in [1.29, 1.82) is 5.26 Å². The maximum absolute atomic E-state index is 9.09. The number of aromatic nitrogens is 1. The van der Waals surface area contributed by atoms with Gasteiger partial charge in [0.2, 0.25) is 0 Å². The molecule has 1 heterocycles. The monoisotopic (exact) mass is 251 g/mol. The van der Waals surface area contributed by atoms with Crippen LogP contribution in [-0.4, -0.2) is 11.5 Å². The van der Waals surface area contributed by atoms with Gasteiger partial charge < -0.3 is 5.32 Å². The van der Waals surface area contributed by atoms with E-state index in [2.05, 4.69) is 42.4 Å². The number of anilines is 1. The number of hydrogen-bond acceptors (Lipinski definition) is 3. The van der Waals surface area contributed by atoms with Crippen molar-refractivity contribution >= 4 is 5.82 Å². The molecule has 19 heavy (non-hydrogen) atoms. The molecule has 2 rings (SSSR count). The van der Waals surface area contributed by atoms with E-state index in [1.54, 1.807) is 0 Å². The number of nitriles is 1. The SMILES string of the molecule is CCCNc1nc(-c2ccc(C)cc2)ccc1C#N. The Morgan fingerprint density at radius 2 is 1.89 bits per heavy atom. The molecule has 1 aromatic heterocycles. The van der Waals surface area contributed by atoms with Crippen LogP contribution in [0.5, 0.6) is 0 Å². The van der Waals surface area contributed by atoms with Gasteiger partial charge in [-0.05, 0) is 25.5 Å². The molecule has 0 atom stereocenters. The van der Waals surface area contributed by atoms with Crippen molar-refractivity contribution in [3.63, 3.8) is 0 Å². The first-order valence-electron chi connectivity index (χ1n) is 6.46. The average Bonchev–Trinajstić information content (AvgIpc) is 2.45. The highest BCUT2D eigenvalue weighted by molar-refractivity contribution is 5.65. The second kappa shape index (κ2) is 6.01. The van der Waals surface area contributed by atoms with Crippen LogP contribution in [0, 0.1) is 18.3 Å². The van der Waals surface area contributed by atoms with Crippen LogP contribution in [0.2, 0.25) is 0 Å². The van der Waals surface area contributed by atoms with Gasteiger partial charge in [-0.3, -0.25) is 0 Å². The van der Waals surface area contributed by atoms with E-state index in [4.69, 9.17) is 5.26 Å². The zero-order valence-corrected chi connectivity index (χ0v) is 11.3. The molecule has 0 radical (unpaired) electrons. The zero-order chi connectivity index (χ0) is 13.7. The molecule has 0 aliphatic rings. The highest BCUT2D eigenvalue weighted by Gasteiger charge is 2.06. The van der Waals surface area contributed by atoms with E-state index in [0.717, 1.165) is 24.2 Å². The molecule has 1 aromatic carbocycles. The molecule has 96 valence electrons. The van der Waals surface area contributed by atoms with Gasteiger partial charge in [0, 0.05) is 12.1 Å². The van der Waals surface area contributed by atoms with E-state index < -0.39 is 0 Å². The molecule has 1 N–H and O–H groups in total. The fourth-order valence-corrected chi connectivity index (χ4v) is 1.81. The van der Waals surface area contributed by atoms with Crippen molar-refractivity contribution in [2.45, 2.75) is 20.3 Å². The summed E-state index contributed by atoms with van der Waals surface area (Å²) < 4.78 is 0. The minimum atomic E-state index is 0.587. The van der Waals surface area contributed by atoms with Gasteiger partial charge in [-0.25, -0.2) is 4.98 Å². The van der Waals surface area contributed by atoms with Crippen LogP contribution in [0.1, 0.15) is 24.5 Å². The van der Waals surface area contributed by atoms with Gasteiger partial charge in [0.25, 0.3) is 0 Å². The number of aryl methyl sites for hydroxylation is 1. The zero-order valence-electron chi connectivity index (χ0n) is 11.3. The van der Waals surface area contributed by atoms with Crippen molar-refractivity contribution in [2.75, 3.05) is 11.9 Å². The number of pyridine rings is 1. The van der Waals surface area contributed by atoms with Crippen LogP contribution in [-0.2, 0) is 0 Å². The molecule has 0 aliphatic carbocycles. The van der Waals surface area contributed by atoms with Gasteiger partial charge in [-0.15, -0.1) is 0 Å². The summed E-state index contributed by atoms with van der Waals surface area (Å²) in [5.41, 5.74) is 3.76. The Kier molecular flexibility index (Phi) is 4.15. The Labute approximate surface area is 113 Å². The Morgan fingerprint density at radius 1 is 1.16 bits per heavy atom. The number of nitrogens with zero attached hydrogens (tertiary/aromatic N) is 2. The van der Waals surface area contributed by atoms with Crippen molar-refractivity contribution in [3.05, 3.63) is 47.5 Å². The molecule has 0 fully saturated rings. The van der Waals surface area contributed by atoms with Crippen molar-refractivity contribution in [1.82, 2.24) is 4.98 Å². The molecular weight excluding hydrogens is 234 g/mol. The third-order valence-corrected chi connectivity index (χ3v) is 2.91. The standard InChI is InChI=1S/C16H17N3/c1-3-10-18-16-14(11-17)8-9-15(19-16)13-6-4-12(2)5-7-13/h4-9H,3,10H2,1-2H3,(H,18,19). The van der Waals surface area contributed by atoms with E-state index in [9.17, 15) is 0 Å². The quantitative estimate of drug-likeness (QED) is 0.900. The summed E-state index contributed by atoms with van der Waals surface area (Å²) in [4.78, 5) is 4.55. The topological polar surface area (TPSA) is 48.7 Å². The van der Waals surface area contributed by atoms with E-state index in [0.29, 0.717) is 11.4 Å². The molecule has 0 bridgehead atoms. The lowest BCUT2D eigenvalue weighted by Gasteiger charge is -2.08. The van der Waals surface area contributed by atoms with E-state index in [-0.39, 0.29) is 0 Å². The van der Waals surface area contributed by atoms with Crippen LogP contribution < -0.4 is 5.32 Å². The van der Waals surface area contributed by atoms with Crippen LogP contribution in [0.3, 0.4) is 0 Å². The summed E-state index contributed by atoms with van der Waals surface area (Å²) in [5, 5.41) is 12.3. The Bertz CT molecular complexity index is 594. The van der Waals surface area contributed by atoms with E-state index in [1.165, 1.54) is 5.56 Å². The van der Waals surface area contributed by atoms with Gasteiger partial charge in [-0.2, -0.15) is 5.26 Å². The van der Waals surface area contributed by atoms with E-state index >= 15 is 0 Å². The summed E-state index contributed by atoms with van der Waals surface area (Å²) in [6.45, 7) is 4.96. The molecule has 3 nitrogen and oxygen atoms in total. The molecular formula is C16H17N3. The summed E-state index contributed by atoms with van der Waals surface area (Å²) >= 11 is 0. The summed E-state index contributed by atoms with van der Waals surface area (Å²) in [6, 6.07) is 14.1. The Hall–Kier alpha value is -2.34. The molecule has 3 heteroatoms. The van der Waals surface area contributed by atoms with Crippen molar-refractivity contribution in [2.24, 2.45) is 0 Å². The predicted molar refractivity (Wildman–Crippen MR) is 77.9 cm³/mol. The fourth-order valence-electron chi connectivity index (χ4n) is 1.81. The number of benzene rings is 1. The maximum Gasteiger partial charge on any atom is 0.144 e. The molecule has 2 aromatic rings. The molecule has 0 aliphatic heterocycles. The van der Waals surface area contributed by atoms with Gasteiger partial charge >= 0.3 is 0 Å². The summed E-state index contributed by atoms with van der Waals surface area (Å²) in [5.74, 6) is 0.669. The normalized spacial score (nSPS) is 9.95. The molecule has 0 amide bonds. The van der Waals surface area contributed by atoms with Crippen LogP contribution in [0.15, 0.2) is 36.4 Å². The van der Waals surface area contributed by atoms with E-state index in [1.807, 2.05) is 24.3 Å². The minimum Gasteiger partial charge on any atom is -0.369 e. The largest absolute Gasteiger partial charge is 0.369 e. The maximum atomic E-state index is 9.09. The first-order valence-corrected chi connectivity index (χ1v) is 6.46. The van der Waals surface area contributed by atoms with Crippen LogP contribution in [0.25, 0.3) is 11.3 Å². The van der Waals surface area contributed by atoms with Gasteiger partial charge in [0.1, 0.15) is 11.9 Å². The second-order valence-electron chi connectivity index (χ2n) is 4.50. The molecule has 0 unspecified atom stereocenters. The lowest BCUT2D eigenvalue weighted by Crippen LogP contribution is -2.04. The third-order valence-electron chi connectivity index (χ3n) is 2.91. The van der Waals surface area contributed by atoms with Crippen molar-refractivity contribution < 1.29 is 0 Å². The third kappa shape index (κ3) is 3.11. The minimum absolute atomic E-state index is 0.587. The lowest BCUT2D eigenvalue weighted by molar-refractivity contribution is 0.968.